The predicted octanol–water partition coefficient (Wildman–Crippen LogP) is 6.68. The van der Waals surface area contributed by atoms with E-state index in [0.29, 0.717) is 49.5 Å². The fourth-order valence-electron chi connectivity index (χ4n) is 3.90. The van der Waals surface area contributed by atoms with Crippen molar-refractivity contribution in [1.29, 1.82) is 0 Å². The molecule has 0 bridgehead atoms. The van der Waals surface area contributed by atoms with Crippen LogP contribution in [0.15, 0.2) is 65.8 Å². The molecule has 3 aromatic carbocycles. The Morgan fingerprint density at radius 3 is 2.38 bits per heavy atom. The van der Waals surface area contributed by atoms with Gasteiger partial charge < -0.3 is 14.8 Å². The second-order valence-corrected chi connectivity index (χ2v) is 10.1. The van der Waals surface area contributed by atoms with Crippen molar-refractivity contribution in [2.45, 2.75) is 30.8 Å². The Balaban J connectivity index is 1.69. The molecule has 0 aliphatic rings. The maximum absolute atomic E-state index is 13.3. The summed E-state index contributed by atoms with van der Waals surface area (Å²) in [6, 6.07) is 18.2. The average molecular weight is 558 g/mol. The maximum atomic E-state index is 13.3. The van der Waals surface area contributed by atoms with E-state index in [1.165, 1.54) is 31.5 Å². The summed E-state index contributed by atoms with van der Waals surface area (Å²) < 4.78 is 12.6. The molecule has 4 aromatic rings. The lowest BCUT2D eigenvalue weighted by Gasteiger charge is -2.19. The van der Waals surface area contributed by atoms with Gasteiger partial charge in [0.1, 0.15) is 17.1 Å². The lowest BCUT2D eigenvalue weighted by Crippen LogP contribution is -2.29. The largest absolute Gasteiger partial charge is 0.496 e. The molecule has 1 unspecified atom stereocenters. The van der Waals surface area contributed by atoms with Crippen molar-refractivity contribution in [3.05, 3.63) is 93.2 Å². The second-order valence-electron chi connectivity index (χ2n) is 8.28. The number of aryl methyl sites for hydroxylation is 1. The second kappa shape index (κ2) is 11.9. The van der Waals surface area contributed by atoms with Crippen LogP contribution in [0.1, 0.15) is 40.3 Å². The minimum atomic E-state index is -0.533. The van der Waals surface area contributed by atoms with Crippen molar-refractivity contribution in [3.63, 3.8) is 0 Å². The van der Waals surface area contributed by atoms with Crippen LogP contribution in [0.4, 0.5) is 0 Å². The first-order chi connectivity index (χ1) is 17.8. The molecule has 192 valence electrons. The number of benzene rings is 3. The molecule has 7 nitrogen and oxygen atoms in total. The number of hydrogen-bond acceptors (Lipinski definition) is 6. The fourth-order valence-corrected chi connectivity index (χ4v) is 5.29. The van der Waals surface area contributed by atoms with Gasteiger partial charge >= 0.3 is 0 Å². The van der Waals surface area contributed by atoms with Gasteiger partial charge in [-0.1, -0.05) is 70.9 Å². The molecule has 1 heterocycles. The number of hydrogen-bond donors (Lipinski definition) is 1. The van der Waals surface area contributed by atoms with Gasteiger partial charge in [0.2, 0.25) is 0 Å². The molecule has 37 heavy (non-hydrogen) atoms. The van der Waals surface area contributed by atoms with Crippen LogP contribution < -0.4 is 14.8 Å². The molecule has 1 aromatic heterocycles. The highest BCUT2D eigenvalue weighted by Crippen LogP contribution is 2.33. The standard InChI is InChI=1S/C27H26Cl2N4O3S/c1-16-7-5-8-18(13-16)15-37-27-32-31-25(33(27)21-12-11-19(28)14-20(21)29)17(2)30-26(34)24-22(35-3)9-6-10-23(24)36-4/h5-14,17H,15H2,1-4H3,(H,30,34). The molecular formula is C27H26Cl2N4O3S. The number of aromatic nitrogens is 3. The summed E-state index contributed by atoms with van der Waals surface area (Å²) >= 11 is 14.3. The molecule has 0 fully saturated rings. The Kier molecular flexibility index (Phi) is 8.63. The number of nitrogens with one attached hydrogen (secondary N) is 1. The summed E-state index contributed by atoms with van der Waals surface area (Å²) in [6.45, 7) is 3.89. The lowest BCUT2D eigenvalue weighted by molar-refractivity contribution is 0.0931. The van der Waals surface area contributed by atoms with E-state index in [4.69, 9.17) is 32.7 Å². The zero-order chi connectivity index (χ0) is 26.5. The molecule has 0 saturated carbocycles. The van der Waals surface area contributed by atoms with Crippen LogP contribution in [-0.4, -0.2) is 34.9 Å². The summed E-state index contributed by atoms with van der Waals surface area (Å²) in [5.74, 6) is 1.64. The minimum Gasteiger partial charge on any atom is -0.496 e. The molecule has 1 N–H and O–H groups in total. The number of rotatable bonds is 9. The van der Waals surface area contributed by atoms with Gasteiger partial charge in [-0.25, -0.2) is 0 Å². The minimum absolute atomic E-state index is 0.295. The molecule has 4 rings (SSSR count). The van der Waals surface area contributed by atoms with Gasteiger partial charge in [-0.3, -0.25) is 9.36 Å². The molecule has 0 saturated heterocycles. The monoisotopic (exact) mass is 556 g/mol. The first kappa shape index (κ1) is 26.9. The fraction of sp³-hybridized carbons (Fsp3) is 0.222. The molecule has 0 radical (unpaired) electrons. The number of amides is 1. The van der Waals surface area contributed by atoms with Gasteiger partial charge in [-0.05, 0) is 49.7 Å². The molecule has 0 spiro atoms. The van der Waals surface area contributed by atoms with E-state index in [2.05, 4.69) is 40.6 Å². The van der Waals surface area contributed by atoms with Crippen LogP contribution in [0, 0.1) is 6.92 Å². The summed E-state index contributed by atoms with van der Waals surface area (Å²) in [7, 11) is 3.01. The Morgan fingerprint density at radius 1 is 1.03 bits per heavy atom. The van der Waals surface area contributed by atoms with E-state index in [9.17, 15) is 4.79 Å². The van der Waals surface area contributed by atoms with E-state index in [1.807, 2.05) is 23.6 Å². The van der Waals surface area contributed by atoms with E-state index in [1.54, 1.807) is 30.3 Å². The number of nitrogens with zero attached hydrogens (tertiary/aromatic N) is 3. The SMILES string of the molecule is COc1cccc(OC)c1C(=O)NC(C)c1nnc(SCc2cccc(C)c2)n1-c1ccc(Cl)cc1Cl. The number of carbonyl (C=O) groups is 1. The van der Waals surface area contributed by atoms with Crippen LogP contribution in [0.3, 0.4) is 0 Å². The summed E-state index contributed by atoms with van der Waals surface area (Å²) in [5.41, 5.74) is 3.30. The van der Waals surface area contributed by atoms with E-state index in [0.717, 1.165) is 5.56 Å². The number of ether oxygens (including phenoxy) is 2. The van der Waals surface area contributed by atoms with Crippen LogP contribution in [0.2, 0.25) is 10.0 Å². The van der Waals surface area contributed by atoms with Crippen LogP contribution in [0.25, 0.3) is 5.69 Å². The number of methoxy groups -OCH3 is 2. The van der Waals surface area contributed by atoms with Crippen LogP contribution in [0.5, 0.6) is 11.5 Å². The smallest absolute Gasteiger partial charge is 0.259 e. The third-order valence-corrected chi connectivity index (χ3v) is 7.19. The number of halogens is 2. The van der Waals surface area contributed by atoms with Crippen molar-refractivity contribution < 1.29 is 14.3 Å². The molecule has 1 amide bonds. The first-order valence-corrected chi connectivity index (χ1v) is 13.2. The topological polar surface area (TPSA) is 78.3 Å². The Bertz CT molecular complexity index is 1400. The summed E-state index contributed by atoms with van der Waals surface area (Å²) in [6.07, 6.45) is 0. The quantitative estimate of drug-likeness (QED) is 0.231. The van der Waals surface area contributed by atoms with E-state index in [-0.39, 0.29) is 5.91 Å². The maximum Gasteiger partial charge on any atom is 0.259 e. The van der Waals surface area contributed by atoms with Gasteiger partial charge in [-0.15, -0.1) is 10.2 Å². The summed E-state index contributed by atoms with van der Waals surface area (Å²) in [4.78, 5) is 13.3. The normalized spacial score (nSPS) is 11.7. The van der Waals surface area contributed by atoms with Gasteiger partial charge in [0.05, 0.1) is 31.0 Å². The van der Waals surface area contributed by atoms with Crippen molar-refractivity contribution in [3.8, 4) is 17.2 Å². The zero-order valence-electron chi connectivity index (χ0n) is 20.8. The van der Waals surface area contributed by atoms with Gasteiger partial charge in [-0.2, -0.15) is 0 Å². The van der Waals surface area contributed by atoms with Gasteiger partial charge in [0.15, 0.2) is 11.0 Å². The summed E-state index contributed by atoms with van der Waals surface area (Å²) in [5, 5.41) is 13.5. The third kappa shape index (κ3) is 6.04. The Labute approximate surface area is 230 Å². The average Bonchev–Trinajstić information content (AvgIpc) is 3.30. The molecular weight excluding hydrogens is 531 g/mol. The highest BCUT2D eigenvalue weighted by Gasteiger charge is 2.25. The molecule has 0 aliphatic carbocycles. The first-order valence-electron chi connectivity index (χ1n) is 11.4. The zero-order valence-corrected chi connectivity index (χ0v) is 23.1. The lowest BCUT2D eigenvalue weighted by atomic mass is 10.1. The van der Waals surface area contributed by atoms with Crippen LogP contribution in [-0.2, 0) is 5.75 Å². The third-order valence-electron chi connectivity index (χ3n) is 5.65. The van der Waals surface area contributed by atoms with Crippen LogP contribution >= 0.6 is 35.0 Å². The Morgan fingerprint density at radius 2 is 1.73 bits per heavy atom. The van der Waals surface area contributed by atoms with Crippen molar-refractivity contribution in [2.75, 3.05) is 14.2 Å². The molecule has 1 atom stereocenters. The highest BCUT2D eigenvalue weighted by atomic mass is 35.5. The van der Waals surface area contributed by atoms with E-state index < -0.39 is 6.04 Å². The van der Waals surface area contributed by atoms with Gasteiger partial charge in [0, 0.05) is 10.8 Å². The van der Waals surface area contributed by atoms with Gasteiger partial charge in [0.25, 0.3) is 5.91 Å². The predicted molar refractivity (Wildman–Crippen MR) is 148 cm³/mol. The van der Waals surface area contributed by atoms with Crippen molar-refractivity contribution >= 4 is 40.9 Å². The molecule has 10 heteroatoms. The number of thioether (sulfide) groups is 1. The Hall–Kier alpha value is -3.20. The number of carbonyl (C=O) groups excluding carboxylic acids is 1. The van der Waals surface area contributed by atoms with Crippen molar-refractivity contribution in [2.24, 2.45) is 0 Å². The van der Waals surface area contributed by atoms with Crippen molar-refractivity contribution in [1.82, 2.24) is 20.1 Å². The molecule has 0 aliphatic heterocycles. The highest BCUT2D eigenvalue weighted by molar-refractivity contribution is 7.98. The van der Waals surface area contributed by atoms with E-state index >= 15 is 0 Å².